The third-order valence-corrected chi connectivity index (χ3v) is 3.13. The van der Waals surface area contributed by atoms with Crippen molar-refractivity contribution in [3.05, 3.63) is 10.1 Å². The van der Waals surface area contributed by atoms with Crippen molar-refractivity contribution >= 4 is 0 Å². The number of ether oxygens (including phenoxy) is 1. The van der Waals surface area contributed by atoms with Gasteiger partial charge in [-0.1, -0.05) is 6.92 Å². The van der Waals surface area contributed by atoms with Crippen molar-refractivity contribution in [1.29, 1.82) is 0 Å². The van der Waals surface area contributed by atoms with Crippen LogP contribution in [0, 0.1) is 16.0 Å². The number of hydrogen-bond acceptors (Lipinski definition) is 3. The van der Waals surface area contributed by atoms with Gasteiger partial charge in [0.25, 0.3) is 0 Å². The molecule has 4 heteroatoms. The summed E-state index contributed by atoms with van der Waals surface area (Å²) in [6.07, 6.45) is 0.498. The van der Waals surface area contributed by atoms with Crippen LogP contribution in [-0.4, -0.2) is 23.2 Å². The zero-order valence-corrected chi connectivity index (χ0v) is 7.74. The Morgan fingerprint density at radius 3 is 2.50 bits per heavy atom. The largest absolute Gasteiger partial charge is 0.371 e. The molecule has 0 amide bonds. The average molecular weight is 173 g/mol. The van der Waals surface area contributed by atoms with E-state index < -0.39 is 5.54 Å². The fraction of sp³-hybridized carbons (Fsp3) is 1.00. The lowest BCUT2D eigenvalue weighted by molar-refractivity contribution is -0.593. The SMILES string of the molecule is C[C@@H]1CCO[C@H](C)[C@@]1(C)[N+](=O)[O-]. The quantitative estimate of drug-likeness (QED) is 0.445. The molecule has 0 N–H and O–H groups in total. The molecular formula is C8H15NO3. The Morgan fingerprint density at radius 1 is 1.58 bits per heavy atom. The minimum absolute atomic E-state index is 0.0937. The third-order valence-electron chi connectivity index (χ3n) is 3.13. The molecule has 0 unspecified atom stereocenters. The van der Waals surface area contributed by atoms with Crippen molar-refractivity contribution in [2.45, 2.75) is 38.8 Å². The Morgan fingerprint density at radius 2 is 2.17 bits per heavy atom. The van der Waals surface area contributed by atoms with Gasteiger partial charge in [-0.2, -0.15) is 0 Å². The van der Waals surface area contributed by atoms with E-state index >= 15 is 0 Å². The second-order valence-corrected chi connectivity index (χ2v) is 3.69. The Labute approximate surface area is 72.1 Å². The smallest absolute Gasteiger partial charge is 0.247 e. The summed E-state index contributed by atoms with van der Waals surface area (Å²) < 4.78 is 5.28. The van der Waals surface area contributed by atoms with Crippen molar-refractivity contribution in [2.24, 2.45) is 5.92 Å². The van der Waals surface area contributed by atoms with Crippen LogP contribution in [0.3, 0.4) is 0 Å². The number of nitro groups is 1. The van der Waals surface area contributed by atoms with E-state index in [0.29, 0.717) is 6.61 Å². The van der Waals surface area contributed by atoms with Crippen LogP contribution in [0.2, 0.25) is 0 Å². The summed E-state index contributed by atoms with van der Waals surface area (Å²) in [4.78, 5) is 10.6. The summed E-state index contributed by atoms with van der Waals surface area (Å²) >= 11 is 0. The summed E-state index contributed by atoms with van der Waals surface area (Å²) in [6.45, 7) is 6.01. The maximum absolute atomic E-state index is 10.8. The lowest BCUT2D eigenvalue weighted by Gasteiger charge is -2.36. The molecule has 1 fully saturated rings. The van der Waals surface area contributed by atoms with Crippen molar-refractivity contribution in [3.63, 3.8) is 0 Å². The van der Waals surface area contributed by atoms with Crippen molar-refractivity contribution in [2.75, 3.05) is 6.61 Å². The van der Waals surface area contributed by atoms with Crippen LogP contribution < -0.4 is 0 Å². The van der Waals surface area contributed by atoms with Gasteiger partial charge in [-0.25, -0.2) is 0 Å². The summed E-state index contributed by atoms with van der Waals surface area (Å²) in [7, 11) is 0. The van der Waals surface area contributed by atoms with Crippen LogP contribution in [0.25, 0.3) is 0 Å². The number of hydrogen-bond donors (Lipinski definition) is 0. The highest BCUT2D eigenvalue weighted by atomic mass is 16.6. The topological polar surface area (TPSA) is 52.4 Å². The molecule has 0 aromatic carbocycles. The number of rotatable bonds is 1. The molecule has 1 aliphatic rings. The van der Waals surface area contributed by atoms with Gasteiger partial charge in [-0.05, 0) is 13.3 Å². The molecule has 0 aliphatic carbocycles. The van der Waals surface area contributed by atoms with Crippen molar-refractivity contribution < 1.29 is 9.66 Å². The second-order valence-electron chi connectivity index (χ2n) is 3.69. The van der Waals surface area contributed by atoms with Gasteiger partial charge in [0, 0.05) is 24.4 Å². The van der Waals surface area contributed by atoms with Gasteiger partial charge in [-0.15, -0.1) is 0 Å². The van der Waals surface area contributed by atoms with Gasteiger partial charge < -0.3 is 4.74 Å². The molecule has 0 radical (unpaired) electrons. The van der Waals surface area contributed by atoms with E-state index in [-0.39, 0.29) is 16.9 Å². The molecule has 0 aromatic rings. The Hall–Kier alpha value is -0.640. The fourth-order valence-electron chi connectivity index (χ4n) is 1.61. The van der Waals surface area contributed by atoms with Crippen molar-refractivity contribution in [1.82, 2.24) is 0 Å². The summed E-state index contributed by atoms with van der Waals surface area (Å²) in [6, 6.07) is 0. The average Bonchev–Trinajstić information content (AvgIpc) is 1.99. The molecule has 4 nitrogen and oxygen atoms in total. The Bertz CT molecular complexity index is 183. The van der Waals surface area contributed by atoms with E-state index in [1.54, 1.807) is 13.8 Å². The fourth-order valence-corrected chi connectivity index (χ4v) is 1.61. The standard InChI is InChI=1S/C8H15NO3/c1-6-4-5-12-7(2)8(6,3)9(10)11/h6-7H,4-5H2,1-3H3/t6-,7-,8+/m1/s1. The number of nitrogens with zero attached hydrogens (tertiary/aromatic N) is 1. The monoisotopic (exact) mass is 173 g/mol. The molecule has 3 atom stereocenters. The molecule has 1 rings (SSSR count). The lowest BCUT2D eigenvalue weighted by Crippen LogP contribution is -2.54. The van der Waals surface area contributed by atoms with Crippen LogP contribution in [0.5, 0.6) is 0 Å². The molecule has 1 heterocycles. The van der Waals surface area contributed by atoms with Gasteiger partial charge in [-0.3, -0.25) is 10.1 Å². The van der Waals surface area contributed by atoms with E-state index in [1.165, 1.54) is 0 Å². The Kier molecular flexibility index (Phi) is 2.37. The molecule has 0 spiro atoms. The van der Waals surface area contributed by atoms with Crippen LogP contribution in [0.15, 0.2) is 0 Å². The minimum Gasteiger partial charge on any atom is -0.371 e. The van der Waals surface area contributed by atoms with Crippen LogP contribution >= 0.6 is 0 Å². The van der Waals surface area contributed by atoms with E-state index in [1.807, 2.05) is 6.92 Å². The predicted octanol–water partition coefficient (Wildman–Crippen LogP) is 1.47. The molecule has 1 saturated heterocycles. The first-order chi connectivity index (χ1) is 5.49. The molecule has 12 heavy (non-hydrogen) atoms. The Balaban J connectivity index is 2.87. The normalized spacial score (nSPS) is 42.6. The van der Waals surface area contributed by atoms with Crippen LogP contribution in [-0.2, 0) is 4.74 Å². The minimum atomic E-state index is -0.905. The van der Waals surface area contributed by atoms with Gasteiger partial charge in [0.05, 0.1) is 0 Å². The van der Waals surface area contributed by atoms with Crippen LogP contribution in [0.4, 0.5) is 0 Å². The first-order valence-corrected chi connectivity index (χ1v) is 4.25. The molecular weight excluding hydrogens is 158 g/mol. The first kappa shape index (κ1) is 9.45. The first-order valence-electron chi connectivity index (χ1n) is 4.25. The zero-order chi connectivity index (χ0) is 9.35. The molecule has 0 aromatic heterocycles. The van der Waals surface area contributed by atoms with Crippen LogP contribution in [0.1, 0.15) is 27.2 Å². The third kappa shape index (κ3) is 1.20. The zero-order valence-electron chi connectivity index (χ0n) is 7.74. The van der Waals surface area contributed by atoms with E-state index in [9.17, 15) is 10.1 Å². The predicted molar refractivity (Wildman–Crippen MR) is 44.6 cm³/mol. The van der Waals surface area contributed by atoms with Gasteiger partial charge in [0.2, 0.25) is 5.54 Å². The van der Waals surface area contributed by atoms with Crippen molar-refractivity contribution in [3.8, 4) is 0 Å². The van der Waals surface area contributed by atoms with Gasteiger partial charge in [0.15, 0.2) is 0 Å². The van der Waals surface area contributed by atoms with E-state index in [0.717, 1.165) is 6.42 Å². The molecule has 70 valence electrons. The van der Waals surface area contributed by atoms with Gasteiger partial charge in [0.1, 0.15) is 6.10 Å². The maximum Gasteiger partial charge on any atom is 0.247 e. The molecule has 1 aliphatic heterocycles. The summed E-state index contributed by atoms with van der Waals surface area (Å²) in [5.74, 6) is 0.0937. The summed E-state index contributed by atoms with van der Waals surface area (Å²) in [5, 5.41) is 10.8. The maximum atomic E-state index is 10.8. The highest BCUT2D eigenvalue weighted by Crippen LogP contribution is 2.33. The lowest BCUT2D eigenvalue weighted by atomic mass is 9.79. The van der Waals surface area contributed by atoms with Gasteiger partial charge >= 0.3 is 0 Å². The highest BCUT2D eigenvalue weighted by Gasteiger charge is 2.51. The molecule has 0 saturated carbocycles. The second kappa shape index (κ2) is 3.01. The summed E-state index contributed by atoms with van der Waals surface area (Å²) in [5.41, 5.74) is -0.905. The molecule has 0 bridgehead atoms. The van der Waals surface area contributed by atoms with E-state index in [2.05, 4.69) is 0 Å². The highest BCUT2D eigenvalue weighted by molar-refractivity contribution is 4.89. The van der Waals surface area contributed by atoms with E-state index in [4.69, 9.17) is 4.74 Å².